The number of halogens is 3. The van der Waals surface area contributed by atoms with Crippen molar-refractivity contribution in [2.24, 2.45) is 0 Å². The van der Waals surface area contributed by atoms with Gasteiger partial charge in [-0.2, -0.15) is 0 Å². The Morgan fingerprint density at radius 2 is 1.63 bits per heavy atom. The molecule has 152 valence electrons. The lowest BCUT2D eigenvalue weighted by molar-refractivity contribution is -0.119. The molecule has 4 rings (SSSR count). The largest absolute Gasteiger partial charge is 0.304 e. The van der Waals surface area contributed by atoms with Crippen molar-refractivity contribution in [2.75, 3.05) is 9.80 Å². The molecule has 2 amide bonds. The molecule has 4 nitrogen and oxygen atoms in total. The molecule has 3 aromatic carbocycles. The number of hydrogen-bond acceptors (Lipinski definition) is 2. The molecule has 30 heavy (non-hydrogen) atoms. The highest BCUT2D eigenvalue weighted by Crippen LogP contribution is 2.38. The van der Waals surface area contributed by atoms with Crippen LogP contribution >= 0.6 is 11.6 Å². The molecular weight excluding hydrogens is 410 g/mol. The van der Waals surface area contributed by atoms with E-state index in [1.807, 2.05) is 0 Å². The highest BCUT2D eigenvalue weighted by atomic mass is 35.5. The van der Waals surface area contributed by atoms with Gasteiger partial charge in [0.1, 0.15) is 17.7 Å². The van der Waals surface area contributed by atoms with Crippen LogP contribution in [0.2, 0.25) is 5.02 Å². The Bertz CT molecular complexity index is 1110. The van der Waals surface area contributed by atoms with Crippen LogP contribution < -0.4 is 9.80 Å². The molecular formula is C23H17ClF2N2O2. The molecule has 0 spiro atoms. The van der Waals surface area contributed by atoms with Crippen LogP contribution in [-0.2, 0) is 11.3 Å². The van der Waals surface area contributed by atoms with Gasteiger partial charge in [0, 0.05) is 16.1 Å². The molecule has 0 saturated carbocycles. The maximum Gasteiger partial charge on any atom is 0.259 e. The molecule has 1 atom stereocenters. The first-order valence-corrected chi connectivity index (χ1v) is 9.68. The topological polar surface area (TPSA) is 40.6 Å². The van der Waals surface area contributed by atoms with Crippen LogP contribution in [-0.4, -0.2) is 17.9 Å². The second kappa shape index (κ2) is 7.88. The molecule has 0 saturated heterocycles. The molecule has 0 radical (unpaired) electrons. The zero-order chi connectivity index (χ0) is 21.4. The van der Waals surface area contributed by atoms with E-state index in [0.717, 1.165) is 0 Å². The van der Waals surface area contributed by atoms with E-state index in [2.05, 4.69) is 0 Å². The maximum absolute atomic E-state index is 14.3. The molecule has 1 heterocycles. The summed E-state index contributed by atoms with van der Waals surface area (Å²) in [5.41, 5.74) is 1.44. The molecule has 7 heteroatoms. The fraction of sp³-hybridized carbons (Fsp3) is 0.130. The van der Waals surface area contributed by atoms with Crippen LogP contribution in [0.15, 0.2) is 66.7 Å². The zero-order valence-corrected chi connectivity index (χ0v) is 16.7. The van der Waals surface area contributed by atoms with E-state index in [1.165, 1.54) is 46.2 Å². The van der Waals surface area contributed by atoms with Gasteiger partial charge in [-0.25, -0.2) is 8.78 Å². The fourth-order valence-electron chi connectivity index (χ4n) is 3.58. The molecule has 0 aromatic heterocycles. The Hall–Kier alpha value is -3.25. The standard InChI is InChI=1S/C23H17ClF2N2O2/c1-14-22(29)27(13-17-18(24)5-4-6-19(17)26)20-7-2-3-8-21(20)28(14)23(30)15-9-11-16(25)12-10-15/h2-12,14H,13H2,1H3/t14-/m1/s1. The van der Waals surface area contributed by atoms with E-state index in [0.29, 0.717) is 11.4 Å². The molecule has 1 aliphatic heterocycles. The second-order valence-corrected chi connectivity index (χ2v) is 7.38. The van der Waals surface area contributed by atoms with E-state index >= 15 is 0 Å². The van der Waals surface area contributed by atoms with E-state index < -0.39 is 23.6 Å². The fourth-order valence-corrected chi connectivity index (χ4v) is 3.80. The number of carbonyl (C=O) groups excluding carboxylic acids is 2. The summed E-state index contributed by atoms with van der Waals surface area (Å²) in [6.45, 7) is 1.54. The van der Waals surface area contributed by atoms with E-state index in [-0.39, 0.29) is 28.6 Å². The number of benzene rings is 3. The van der Waals surface area contributed by atoms with Gasteiger partial charge < -0.3 is 4.90 Å². The summed E-state index contributed by atoms with van der Waals surface area (Å²) in [5, 5.41) is 0.220. The maximum atomic E-state index is 14.3. The van der Waals surface area contributed by atoms with E-state index in [9.17, 15) is 18.4 Å². The van der Waals surface area contributed by atoms with Crippen LogP contribution in [0.1, 0.15) is 22.8 Å². The van der Waals surface area contributed by atoms with Crippen molar-refractivity contribution in [3.63, 3.8) is 0 Å². The van der Waals surface area contributed by atoms with Gasteiger partial charge in [-0.1, -0.05) is 29.8 Å². The van der Waals surface area contributed by atoms with Crippen molar-refractivity contribution in [3.8, 4) is 0 Å². The van der Waals surface area contributed by atoms with Crippen LogP contribution in [0.5, 0.6) is 0 Å². The number of rotatable bonds is 3. The quantitative estimate of drug-likeness (QED) is 0.577. The van der Waals surface area contributed by atoms with Crippen LogP contribution in [0, 0.1) is 11.6 Å². The molecule has 0 N–H and O–H groups in total. The second-order valence-electron chi connectivity index (χ2n) is 6.97. The summed E-state index contributed by atoms with van der Waals surface area (Å²) in [6, 6.07) is 15.6. The molecule has 1 aliphatic rings. The Balaban J connectivity index is 1.77. The van der Waals surface area contributed by atoms with E-state index in [1.54, 1.807) is 37.3 Å². The van der Waals surface area contributed by atoms with E-state index in [4.69, 9.17) is 11.6 Å². The summed E-state index contributed by atoms with van der Waals surface area (Å²) < 4.78 is 27.6. The highest BCUT2D eigenvalue weighted by Gasteiger charge is 2.39. The summed E-state index contributed by atoms with van der Waals surface area (Å²) in [6.07, 6.45) is 0. The average molecular weight is 427 g/mol. The van der Waals surface area contributed by atoms with Gasteiger partial charge in [0.15, 0.2) is 0 Å². The minimum atomic E-state index is -0.844. The monoisotopic (exact) mass is 426 g/mol. The molecule has 3 aromatic rings. The lowest BCUT2D eigenvalue weighted by Gasteiger charge is -2.40. The molecule has 0 bridgehead atoms. The SMILES string of the molecule is C[C@@H]1C(=O)N(Cc2c(F)cccc2Cl)c2ccccc2N1C(=O)c1ccc(F)cc1. The molecule has 0 unspecified atom stereocenters. The first-order valence-electron chi connectivity index (χ1n) is 9.31. The number of carbonyl (C=O) groups is 2. The zero-order valence-electron chi connectivity index (χ0n) is 16.0. The van der Waals surface area contributed by atoms with Crippen LogP contribution in [0.4, 0.5) is 20.2 Å². The number of fused-ring (bicyclic) bond motifs is 1. The predicted molar refractivity (Wildman–Crippen MR) is 112 cm³/mol. The first-order chi connectivity index (χ1) is 14.4. The van der Waals surface area contributed by atoms with Crippen molar-refractivity contribution >= 4 is 34.8 Å². The summed E-state index contributed by atoms with van der Waals surface area (Å²) >= 11 is 6.16. The number of hydrogen-bond donors (Lipinski definition) is 0. The van der Waals surface area contributed by atoms with Gasteiger partial charge in [-0.05, 0) is 55.5 Å². The van der Waals surface area contributed by atoms with Crippen molar-refractivity contribution in [2.45, 2.75) is 19.5 Å². The van der Waals surface area contributed by atoms with Crippen molar-refractivity contribution in [1.29, 1.82) is 0 Å². The summed E-state index contributed by atoms with van der Waals surface area (Å²) in [7, 11) is 0. The Kier molecular flexibility index (Phi) is 5.26. The lowest BCUT2D eigenvalue weighted by Crippen LogP contribution is -2.54. The summed E-state index contributed by atoms with van der Waals surface area (Å²) in [5.74, 6) is -1.76. The van der Waals surface area contributed by atoms with Crippen LogP contribution in [0.25, 0.3) is 0 Å². The molecule has 0 aliphatic carbocycles. The lowest BCUT2D eigenvalue weighted by atomic mass is 10.0. The first kappa shape index (κ1) is 20.0. The van der Waals surface area contributed by atoms with Crippen LogP contribution in [0.3, 0.4) is 0 Å². The predicted octanol–water partition coefficient (Wildman–Crippen LogP) is 5.20. The Morgan fingerprint density at radius 3 is 2.30 bits per heavy atom. The smallest absolute Gasteiger partial charge is 0.259 e. The molecule has 0 fully saturated rings. The minimum Gasteiger partial charge on any atom is -0.304 e. The normalized spacial score (nSPS) is 15.9. The number of anilines is 2. The Morgan fingerprint density at radius 1 is 0.967 bits per heavy atom. The van der Waals surface area contributed by atoms with Gasteiger partial charge in [0.25, 0.3) is 5.91 Å². The minimum absolute atomic E-state index is 0.0652. The number of nitrogens with zero attached hydrogens (tertiary/aromatic N) is 2. The number of amides is 2. The third-order valence-corrected chi connectivity index (χ3v) is 5.48. The Labute approximate surface area is 177 Å². The van der Waals surface area contributed by atoms with Gasteiger partial charge >= 0.3 is 0 Å². The summed E-state index contributed by atoms with van der Waals surface area (Å²) in [4.78, 5) is 29.2. The van der Waals surface area contributed by atoms with Gasteiger partial charge in [0.05, 0.1) is 17.9 Å². The van der Waals surface area contributed by atoms with Gasteiger partial charge in [0.2, 0.25) is 5.91 Å². The van der Waals surface area contributed by atoms with Gasteiger partial charge in [-0.3, -0.25) is 14.5 Å². The van der Waals surface area contributed by atoms with Crippen molar-refractivity contribution in [1.82, 2.24) is 0 Å². The number of para-hydroxylation sites is 2. The van der Waals surface area contributed by atoms with Crippen molar-refractivity contribution < 1.29 is 18.4 Å². The van der Waals surface area contributed by atoms with Crippen molar-refractivity contribution in [3.05, 3.63) is 94.5 Å². The third-order valence-electron chi connectivity index (χ3n) is 5.13. The average Bonchev–Trinajstić information content (AvgIpc) is 2.74. The highest BCUT2D eigenvalue weighted by molar-refractivity contribution is 6.31. The third kappa shape index (κ3) is 3.44. The van der Waals surface area contributed by atoms with Gasteiger partial charge in [-0.15, -0.1) is 0 Å².